The van der Waals surface area contributed by atoms with Crippen molar-refractivity contribution in [2.24, 2.45) is 0 Å². The van der Waals surface area contributed by atoms with Crippen LogP contribution in [0, 0.1) is 6.92 Å². The van der Waals surface area contributed by atoms with Crippen molar-refractivity contribution in [3.8, 4) is 11.4 Å². The number of hydrogen-bond donors (Lipinski definition) is 1. The minimum atomic E-state index is -0.210. The molecule has 6 nitrogen and oxygen atoms in total. The van der Waals surface area contributed by atoms with Gasteiger partial charge in [-0.1, -0.05) is 29.4 Å². The zero-order valence-corrected chi connectivity index (χ0v) is 11.5. The summed E-state index contributed by atoms with van der Waals surface area (Å²) < 4.78 is 5.26. The average molecular weight is 282 g/mol. The first-order valence-electron chi connectivity index (χ1n) is 6.65. The lowest BCUT2D eigenvalue weighted by Crippen LogP contribution is -2.08. The number of rotatable bonds is 4. The van der Waals surface area contributed by atoms with E-state index in [4.69, 9.17) is 4.52 Å². The number of aryl methyl sites for hydroxylation is 3. The molecule has 3 aromatic rings. The second-order valence-corrected chi connectivity index (χ2v) is 4.74. The summed E-state index contributed by atoms with van der Waals surface area (Å²) in [6, 6.07) is 11.0. The van der Waals surface area contributed by atoms with Gasteiger partial charge in [0.1, 0.15) is 0 Å². The molecular formula is C15H14N4O2. The van der Waals surface area contributed by atoms with Gasteiger partial charge in [-0.2, -0.15) is 10.1 Å². The Morgan fingerprint density at radius 2 is 2.00 bits per heavy atom. The van der Waals surface area contributed by atoms with Crippen molar-refractivity contribution in [2.75, 3.05) is 0 Å². The molecule has 0 bridgehead atoms. The highest BCUT2D eigenvalue weighted by Gasteiger charge is 2.10. The number of aromatic amines is 1. The Morgan fingerprint density at radius 1 is 1.14 bits per heavy atom. The van der Waals surface area contributed by atoms with E-state index < -0.39 is 0 Å². The van der Waals surface area contributed by atoms with Gasteiger partial charge in [0.15, 0.2) is 0 Å². The molecule has 1 aromatic carbocycles. The summed E-state index contributed by atoms with van der Waals surface area (Å²) in [6.45, 7) is 2.01. The SMILES string of the molecule is Cc1ccccc1-c1noc(CCc2ccc(=O)[nH]n2)n1. The maximum atomic E-state index is 10.9. The molecule has 6 heteroatoms. The third-order valence-corrected chi connectivity index (χ3v) is 3.19. The van der Waals surface area contributed by atoms with Gasteiger partial charge in [-0.05, 0) is 18.6 Å². The first kappa shape index (κ1) is 13.2. The Balaban J connectivity index is 1.72. The number of nitrogens with one attached hydrogen (secondary N) is 1. The van der Waals surface area contributed by atoms with Gasteiger partial charge >= 0.3 is 0 Å². The number of benzene rings is 1. The van der Waals surface area contributed by atoms with E-state index in [9.17, 15) is 4.79 Å². The molecule has 0 radical (unpaired) electrons. The van der Waals surface area contributed by atoms with Gasteiger partial charge in [-0.25, -0.2) is 5.10 Å². The molecular weight excluding hydrogens is 268 g/mol. The van der Waals surface area contributed by atoms with Crippen molar-refractivity contribution in [3.05, 3.63) is 63.9 Å². The Labute approximate surface area is 120 Å². The third kappa shape index (κ3) is 3.05. The van der Waals surface area contributed by atoms with Gasteiger partial charge in [-0.15, -0.1) is 0 Å². The van der Waals surface area contributed by atoms with Crippen LogP contribution in [-0.2, 0) is 12.8 Å². The highest BCUT2D eigenvalue weighted by molar-refractivity contribution is 5.58. The van der Waals surface area contributed by atoms with Crippen LogP contribution in [0.4, 0.5) is 0 Å². The molecule has 0 atom stereocenters. The summed E-state index contributed by atoms with van der Waals surface area (Å²) in [7, 11) is 0. The summed E-state index contributed by atoms with van der Waals surface area (Å²) in [6.07, 6.45) is 1.21. The highest BCUT2D eigenvalue weighted by Crippen LogP contribution is 2.20. The second kappa shape index (κ2) is 5.70. The summed E-state index contributed by atoms with van der Waals surface area (Å²) >= 11 is 0. The van der Waals surface area contributed by atoms with E-state index in [1.807, 2.05) is 31.2 Å². The lowest BCUT2D eigenvalue weighted by atomic mass is 10.1. The van der Waals surface area contributed by atoms with Crippen LogP contribution in [0.25, 0.3) is 11.4 Å². The van der Waals surface area contributed by atoms with Crippen LogP contribution in [-0.4, -0.2) is 20.3 Å². The van der Waals surface area contributed by atoms with Crippen molar-refractivity contribution >= 4 is 0 Å². The second-order valence-electron chi connectivity index (χ2n) is 4.74. The minimum Gasteiger partial charge on any atom is -0.339 e. The summed E-state index contributed by atoms with van der Waals surface area (Å²) in [4.78, 5) is 15.3. The van der Waals surface area contributed by atoms with Crippen molar-refractivity contribution in [3.63, 3.8) is 0 Å². The highest BCUT2D eigenvalue weighted by atomic mass is 16.5. The maximum absolute atomic E-state index is 10.9. The Morgan fingerprint density at radius 3 is 2.76 bits per heavy atom. The molecule has 3 rings (SSSR count). The topological polar surface area (TPSA) is 84.7 Å². The fourth-order valence-electron chi connectivity index (χ4n) is 2.04. The lowest BCUT2D eigenvalue weighted by Gasteiger charge is -1.98. The van der Waals surface area contributed by atoms with Gasteiger partial charge in [0, 0.05) is 24.5 Å². The molecule has 1 N–H and O–H groups in total. The molecule has 2 aromatic heterocycles. The minimum absolute atomic E-state index is 0.210. The predicted octanol–water partition coefficient (Wildman–Crippen LogP) is 1.91. The third-order valence-electron chi connectivity index (χ3n) is 3.19. The van der Waals surface area contributed by atoms with Crippen molar-refractivity contribution in [1.29, 1.82) is 0 Å². The quantitative estimate of drug-likeness (QED) is 0.790. The van der Waals surface area contributed by atoms with Crippen LogP contribution in [0.3, 0.4) is 0 Å². The van der Waals surface area contributed by atoms with E-state index in [0.717, 1.165) is 16.8 Å². The molecule has 0 unspecified atom stereocenters. The van der Waals surface area contributed by atoms with Crippen LogP contribution >= 0.6 is 0 Å². The van der Waals surface area contributed by atoms with Crippen molar-refractivity contribution in [1.82, 2.24) is 20.3 Å². The monoisotopic (exact) mass is 282 g/mol. The molecule has 0 aliphatic carbocycles. The van der Waals surface area contributed by atoms with Gasteiger partial charge in [0.05, 0.1) is 5.69 Å². The average Bonchev–Trinajstić information content (AvgIpc) is 2.96. The van der Waals surface area contributed by atoms with E-state index in [0.29, 0.717) is 24.6 Å². The Kier molecular flexibility index (Phi) is 3.59. The summed E-state index contributed by atoms with van der Waals surface area (Å²) in [5, 5.41) is 10.4. The largest absolute Gasteiger partial charge is 0.339 e. The molecule has 2 heterocycles. The van der Waals surface area contributed by atoms with E-state index in [2.05, 4.69) is 20.3 Å². The van der Waals surface area contributed by atoms with Crippen molar-refractivity contribution < 1.29 is 4.52 Å². The molecule has 0 fully saturated rings. The zero-order valence-electron chi connectivity index (χ0n) is 11.5. The smallest absolute Gasteiger partial charge is 0.264 e. The predicted molar refractivity (Wildman–Crippen MR) is 76.7 cm³/mol. The summed E-state index contributed by atoms with van der Waals surface area (Å²) in [5.41, 5.74) is 2.64. The Hall–Kier alpha value is -2.76. The lowest BCUT2D eigenvalue weighted by molar-refractivity contribution is 0.378. The van der Waals surface area contributed by atoms with Crippen LogP contribution in [0.15, 0.2) is 45.7 Å². The molecule has 106 valence electrons. The van der Waals surface area contributed by atoms with E-state index in [1.54, 1.807) is 6.07 Å². The van der Waals surface area contributed by atoms with Crippen molar-refractivity contribution in [2.45, 2.75) is 19.8 Å². The van der Waals surface area contributed by atoms with Crippen LogP contribution < -0.4 is 5.56 Å². The van der Waals surface area contributed by atoms with E-state index in [-0.39, 0.29) is 5.56 Å². The fourth-order valence-corrected chi connectivity index (χ4v) is 2.04. The molecule has 0 saturated heterocycles. The van der Waals surface area contributed by atoms with Gasteiger partial charge in [-0.3, -0.25) is 4.79 Å². The normalized spacial score (nSPS) is 10.7. The number of nitrogens with zero attached hydrogens (tertiary/aromatic N) is 3. The molecule has 21 heavy (non-hydrogen) atoms. The molecule has 0 amide bonds. The Bertz CT molecular complexity index is 787. The molecule has 0 aliphatic rings. The maximum Gasteiger partial charge on any atom is 0.264 e. The zero-order chi connectivity index (χ0) is 14.7. The number of aromatic nitrogens is 4. The molecule has 0 saturated carbocycles. The molecule has 0 aliphatic heterocycles. The van der Waals surface area contributed by atoms with Gasteiger partial charge in [0.2, 0.25) is 11.7 Å². The van der Waals surface area contributed by atoms with Crippen LogP contribution in [0.5, 0.6) is 0 Å². The fraction of sp³-hybridized carbons (Fsp3) is 0.200. The van der Waals surface area contributed by atoms with E-state index in [1.165, 1.54) is 6.07 Å². The number of hydrogen-bond acceptors (Lipinski definition) is 5. The number of H-pyrrole nitrogens is 1. The van der Waals surface area contributed by atoms with Gasteiger partial charge < -0.3 is 4.52 Å². The first-order chi connectivity index (χ1) is 10.2. The van der Waals surface area contributed by atoms with E-state index >= 15 is 0 Å². The van der Waals surface area contributed by atoms with Crippen LogP contribution in [0.1, 0.15) is 17.1 Å². The standard InChI is InChI=1S/C15H14N4O2/c1-10-4-2-3-5-12(10)15-16-14(21-19-15)9-7-11-6-8-13(20)18-17-11/h2-6,8H,7,9H2,1H3,(H,18,20). The van der Waals surface area contributed by atoms with Crippen LogP contribution in [0.2, 0.25) is 0 Å². The van der Waals surface area contributed by atoms with Gasteiger partial charge in [0.25, 0.3) is 5.56 Å². The summed E-state index contributed by atoms with van der Waals surface area (Å²) in [5.74, 6) is 1.15. The molecule has 0 spiro atoms. The first-order valence-corrected chi connectivity index (χ1v) is 6.65.